The van der Waals surface area contributed by atoms with Gasteiger partial charge in [0.25, 0.3) is 0 Å². The minimum Gasteiger partial charge on any atom is -0.274 e. The lowest BCUT2D eigenvalue weighted by atomic mass is 9.90. The van der Waals surface area contributed by atoms with Gasteiger partial charge in [-0.25, -0.2) is 0 Å². The first-order chi connectivity index (χ1) is 6.94. The maximum Gasteiger partial charge on any atom is 0.230 e. The number of carbonyl (C=O) groups excluding carboxylic acids is 2. The van der Waals surface area contributed by atoms with Crippen LogP contribution in [0, 0.1) is 17.2 Å². The average molecular weight is 208 g/mol. The van der Waals surface area contributed by atoms with Gasteiger partial charge in [0.2, 0.25) is 11.8 Å². The van der Waals surface area contributed by atoms with Crippen LogP contribution in [0.4, 0.5) is 0 Å². The molecule has 1 aliphatic rings. The highest BCUT2D eigenvalue weighted by atomic mass is 16.2. The van der Waals surface area contributed by atoms with Crippen molar-refractivity contribution >= 4 is 11.8 Å². The summed E-state index contributed by atoms with van der Waals surface area (Å²) in [6.45, 7) is 5.32. The summed E-state index contributed by atoms with van der Waals surface area (Å²) in [5.41, 5.74) is -0.978. The van der Waals surface area contributed by atoms with E-state index in [0.717, 1.165) is 4.90 Å². The van der Waals surface area contributed by atoms with Gasteiger partial charge in [-0.2, -0.15) is 5.26 Å². The molecule has 82 valence electrons. The van der Waals surface area contributed by atoms with Gasteiger partial charge >= 0.3 is 0 Å². The van der Waals surface area contributed by atoms with Gasteiger partial charge in [-0.1, -0.05) is 13.8 Å². The summed E-state index contributed by atoms with van der Waals surface area (Å²) in [6.07, 6.45) is 1.20. The van der Waals surface area contributed by atoms with Crippen molar-refractivity contribution in [2.24, 2.45) is 5.92 Å². The molecule has 0 bridgehead atoms. The lowest BCUT2D eigenvalue weighted by molar-refractivity contribution is -0.154. The SMILES string of the molecule is CCC(C)(C#N)N1C(=O)CC(C)CC1=O. The van der Waals surface area contributed by atoms with Crippen molar-refractivity contribution < 1.29 is 9.59 Å². The molecule has 0 aromatic rings. The largest absolute Gasteiger partial charge is 0.274 e. The maximum atomic E-state index is 11.7. The molecule has 0 N–H and O–H groups in total. The van der Waals surface area contributed by atoms with E-state index in [4.69, 9.17) is 5.26 Å². The molecule has 1 unspecified atom stereocenters. The zero-order chi connectivity index (χ0) is 11.6. The highest BCUT2D eigenvalue weighted by molar-refractivity contribution is 5.99. The average Bonchev–Trinajstić information content (AvgIpc) is 2.15. The minimum atomic E-state index is -0.978. The van der Waals surface area contributed by atoms with Gasteiger partial charge in [-0.15, -0.1) is 0 Å². The third-order valence-electron chi connectivity index (χ3n) is 2.97. The summed E-state index contributed by atoms with van der Waals surface area (Å²) in [5.74, 6) is -0.338. The molecule has 0 aliphatic carbocycles. The van der Waals surface area contributed by atoms with Crippen molar-refractivity contribution in [1.29, 1.82) is 5.26 Å². The number of piperidine rings is 1. The molecule has 2 amide bonds. The Balaban J connectivity index is 2.99. The molecule has 0 spiro atoms. The first kappa shape index (κ1) is 11.7. The number of hydrogen-bond acceptors (Lipinski definition) is 3. The molecule has 0 saturated carbocycles. The van der Waals surface area contributed by atoms with Gasteiger partial charge in [0, 0.05) is 12.8 Å². The Morgan fingerprint density at radius 1 is 1.47 bits per heavy atom. The van der Waals surface area contributed by atoms with E-state index in [1.54, 1.807) is 6.92 Å². The topological polar surface area (TPSA) is 61.2 Å². The van der Waals surface area contributed by atoms with Crippen LogP contribution in [0.5, 0.6) is 0 Å². The summed E-state index contributed by atoms with van der Waals surface area (Å²) in [7, 11) is 0. The van der Waals surface area contributed by atoms with Crippen molar-refractivity contribution in [1.82, 2.24) is 4.90 Å². The predicted molar refractivity (Wildman–Crippen MR) is 54.6 cm³/mol. The highest BCUT2D eigenvalue weighted by Gasteiger charge is 2.42. The lowest BCUT2D eigenvalue weighted by Crippen LogP contribution is -2.54. The van der Waals surface area contributed by atoms with Gasteiger partial charge in [0.05, 0.1) is 6.07 Å². The van der Waals surface area contributed by atoms with Crippen molar-refractivity contribution in [3.8, 4) is 6.07 Å². The third kappa shape index (κ3) is 2.01. The molecule has 0 aromatic heterocycles. The van der Waals surface area contributed by atoms with Crippen molar-refractivity contribution in [3.05, 3.63) is 0 Å². The van der Waals surface area contributed by atoms with E-state index in [1.165, 1.54) is 0 Å². The first-order valence-corrected chi connectivity index (χ1v) is 5.21. The molecule has 0 aromatic carbocycles. The standard InChI is InChI=1S/C11H16N2O2/c1-4-11(3,7-12)13-9(14)5-8(2)6-10(13)15/h8H,4-6H2,1-3H3. The molecule has 1 atom stereocenters. The second-order valence-electron chi connectivity index (χ2n) is 4.38. The van der Waals surface area contributed by atoms with Crippen LogP contribution >= 0.6 is 0 Å². The molecule has 1 saturated heterocycles. The summed E-state index contributed by atoms with van der Waals surface area (Å²) in [5, 5.41) is 9.04. The fourth-order valence-corrected chi connectivity index (χ4v) is 1.83. The second-order valence-corrected chi connectivity index (χ2v) is 4.38. The second kappa shape index (κ2) is 4.01. The van der Waals surface area contributed by atoms with Crippen LogP contribution in [0.3, 0.4) is 0 Å². The zero-order valence-corrected chi connectivity index (χ0v) is 9.41. The van der Waals surface area contributed by atoms with Crippen LogP contribution in [-0.2, 0) is 9.59 Å². The summed E-state index contributed by atoms with van der Waals surface area (Å²) in [6, 6.07) is 2.06. The minimum absolute atomic E-state index is 0.0982. The number of nitriles is 1. The predicted octanol–water partition coefficient (Wildman–Crippen LogP) is 1.46. The molecular weight excluding hydrogens is 192 g/mol. The van der Waals surface area contributed by atoms with E-state index in [2.05, 4.69) is 6.07 Å². The summed E-state index contributed by atoms with van der Waals surface area (Å²) < 4.78 is 0. The number of imide groups is 1. The molecule has 15 heavy (non-hydrogen) atoms. The Bertz CT molecular complexity index is 314. The van der Waals surface area contributed by atoms with Crippen LogP contribution in [0.25, 0.3) is 0 Å². The first-order valence-electron chi connectivity index (χ1n) is 5.21. The number of rotatable bonds is 2. The van der Waals surface area contributed by atoms with E-state index in [1.807, 2.05) is 13.8 Å². The molecule has 4 heteroatoms. The van der Waals surface area contributed by atoms with Crippen LogP contribution in [0.15, 0.2) is 0 Å². The Hall–Kier alpha value is -1.37. The van der Waals surface area contributed by atoms with E-state index in [0.29, 0.717) is 19.3 Å². The van der Waals surface area contributed by atoms with E-state index in [-0.39, 0.29) is 17.7 Å². The van der Waals surface area contributed by atoms with Crippen molar-refractivity contribution in [2.45, 2.75) is 45.6 Å². The number of hydrogen-bond donors (Lipinski definition) is 0. The Morgan fingerprint density at radius 3 is 2.27 bits per heavy atom. The molecule has 1 heterocycles. The Kier molecular flexibility index (Phi) is 3.13. The summed E-state index contributed by atoms with van der Waals surface area (Å²) >= 11 is 0. The number of amides is 2. The molecule has 1 aliphatic heterocycles. The van der Waals surface area contributed by atoms with Crippen LogP contribution < -0.4 is 0 Å². The van der Waals surface area contributed by atoms with Gasteiger partial charge in [-0.3, -0.25) is 14.5 Å². The van der Waals surface area contributed by atoms with Crippen LogP contribution in [-0.4, -0.2) is 22.3 Å². The quantitative estimate of drug-likeness (QED) is 0.645. The van der Waals surface area contributed by atoms with Crippen molar-refractivity contribution in [3.63, 3.8) is 0 Å². The molecular formula is C11H16N2O2. The normalized spacial score (nSPS) is 22.4. The van der Waals surface area contributed by atoms with Crippen molar-refractivity contribution in [2.75, 3.05) is 0 Å². The Morgan fingerprint density at radius 2 is 1.93 bits per heavy atom. The van der Waals surface area contributed by atoms with Crippen LogP contribution in [0.1, 0.15) is 40.0 Å². The zero-order valence-electron chi connectivity index (χ0n) is 9.41. The smallest absolute Gasteiger partial charge is 0.230 e. The fourth-order valence-electron chi connectivity index (χ4n) is 1.83. The molecule has 1 rings (SSSR count). The molecule has 4 nitrogen and oxygen atoms in total. The lowest BCUT2D eigenvalue weighted by Gasteiger charge is -2.37. The Labute approximate surface area is 89.9 Å². The van der Waals surface area contributed by atoms with Gasteiger partial charge in [0.15, 0.2) is 0 Å². The van der Waals surface area contributed by atoms with Gasteiger partial charge in [0.1, 0.15) is 5.54 Å². The number of carbonyl (C=O) groups is 2. The van der Waals surface area contributed by atoms with E-state index >= 15 is 0 Å². The number of likely N-dealkylation sites (tertiary alicyclic amines) is 1. The molecule has 1 fully saturated rings. The third-order valence-corrected chi connectivity index (χ3v) is 2.97. The summed E-state index contributed by atoms with van der Waals surface area (Å²) in [4.78, 5) is 24.6. The van der Waals surface area contributed by atoms with Gasteiger partial charge < -0.3 is 0 Å². The molecule has 0 radical (unpaired) electrons. The maximum absolute atomic E-state index is 11.7. The van der Waals surface area contributed by atoms with E-state index in [9.17, 15) is 9.59 Å². The number of nitrogens with zero attached hydrogens (tertiary/aromatic N) is 2. The fraction of sp³-hybridized carbons (Fsp3) is 0.727. The van der Waals surface area contributed by atoms with Crippen LogP contribution in [0.2, 0.25) is 0 Å². The monoisotopic (exact) mass is 208 g/mol. The van der Waals surface area contributed by atoms with E-state index < -0.39 is 5.54 Å². The highest BCUT2D eigenvalue weighted by Crippen LogP contribution is 2.27. The van der Waals surface area contributed by atoms with Gasteiger partial charge in [-0.05, 0) is 19.3 Å².